The molecule has 2 N–H and O–H groups in total. The summed E-state index contributed by atoms with van der Waals surface area (Å²) in [5, 5.41) is 0. The fraction of sp³-hybridized carbons (Fsp3) is 0.100. The summed E-state index contributed by atoms with van der Waals surface area (Å²) in [6.45, 7) is 1.86. The molecule has 0 atom stereocenters. The minimum Gasteiger partial charge on any atom is -0.457 e. The van der Waals surface area contributed by atoms with Crippen molar-refractivity contribution in [3.8, 4) is 22.8 Å². The molecule has 0 spiro atoms. The molecule has 0 aliphatic heterocycles. The molecule has 0 fully saturated rings. The topological polar surface area (TPSA) is 65.2 Å². The van der Waals surface area contributed by atoms with Crippen LogP contribution in [0.15, 0.2) is 65.7 Å². The Bertz CT molecular complexity index is 925. The van der Waals surface area contributed by atoms with E-state index in [4.69, 9.17) is 10.5 Å². The normalized spacial score (nSPS) is 10.5. The molecule has 0 unspecified atom stereocenters. The molecular formula is C20H18N2O2S. The van der Waals surface area contributed by atoms with Crippen molar-refractivity contribution in [3.05, 3.63) is 71.9 Å². The lowest BCUT2D eigenvalue weighted by Crippen LogP contribution is -2.12. The number of thioether (sulfide) groups is 1. The van der Waals surface area contributed by atoms with Crippen LogP contribution in [0.25, 0.3) is 11.3 Å². The minimum atomic E-state index is -0.428. The van der Waals surface area contributed by atoms with Gasteiger partial charge in [0.2, 0.25) is 5.91 Å². The predicted molar refractivity (Wildman–Crippen MR) is 101 cm³/mol. The number of nitrogens with two attached hydrogens (primary N) is 1. The number of hydrogen-bond donors (Lipinski definition) is 1. The zero-order valence-electron chi connectivity index (χ0n) is 14.0. The van der Waals surface area contributed by atoms with Crippen LogP contribution in [0.5, 0.6) is 11.5 Å². The number of carbonyl (C=O) groups is 1. The second-order valence-electron chi connectivity index (χ2n) is 5.55. The quantitative estimate of drug-likeness (QED) is 0.679. The molecule has 0 bridgehead atoms. The van der Waals surface area contributed by atoms with Crippen molar-refractivity contribution in [1.82, 2.24) is 4.98 Å². The van der Waals surface area contributed by atoms with Crippen LogP contribution in [0.1, 0.15) is 15.9 Å². The van der Waals surface area contributed by atoms with Crippen LogP contribution in [0.2, 0.25) is 0 Å². The third kappa shape index (κ3) is 4.00. The minimum absolute atomic E-state index is 0.428. The Morgan fingerprint density at radius 2 is 1.88 bits per heavy atom. The van der Waals surface area contributed by atoms with Gasteiger partial charge in [-0.15, -0.1) is 11.8 Å². The van der Waals surface area contributed by atoms with Gasteiger partial charge >= 0.3 is 0 Å². The molecule has 1 amide bonds. The SMILES string of the molecule is CSc1cccc(Oc2ccnc(-c3ccc(C(N)=O)c(C)c3)c2)c1. The Morgan fingerprint density at radius 1 is 1.08 bits per heavy atom. The third-order valence-corrected chi connectivity index (χ3v) is 4.52. The van der Waals surface area contributed by atoms with Crippen molar-refractivity contribution < 1.29 is 9.53 Å². The molecule has 4 nitrogen and oxygen atoms in total. The Balaban J connectivity index is 1.88. The van der Waals surface area contributed by atoms with Gasteiger partial charge in [0.25, 0.3) is 0 Å². The molecule has 3 rings (SSSR count). The highest BCUT2D eigenvalue weighted by molar-refractivity contribution is 7.98. The van der Waals surface area contributed by atoms with E-state index in [0.29, 0.717) is 11.3 Å². The second kappa shape index (κ2) is 7.40. The number of nitrogens with zero attached hydrogens (tertiary/aromatic N) is 1. The van der Waals surface area contributed by atoms with Crippen LogP contribution in [-0.2, 0) is 0 Å². The van der Waals surface area contributed by atoms with E-state index in [1.54, 1.807) is 24.0 Å². The van der Waals surface area contributed by atoms with Crippen molar-refractivity contribution in [1.29, 1.82) is 0 Å². The lowest BCUT2D eigenvalue weighted by atomic mass is 10.0. The second-order valence-corrected chi connectivity index (χ2v) is 6.43. The molecule has 3 aromatic rings. The summed E-state index contributed by atoms with van der Waals surface area (Å²) in [6.07, 6.45) is 3.74. The highest BCUT2D eigenvalue weighted by Crippen LogP contribution is 2.28. The molecule has 0 aliphatic carbocycles. The molecule has 2 aromatic carbocycles. The Morgan fingerprint density at radius 3 is 2.60 bits per heavy atom. The summed E-state index contributed by atoms with van der Waals surface area (Å²) in [5.41, 5.74) is 8.39. The molecule has 1 heterocycles. The average molecular weight is 350 g/mol. The van der Waals surface area contributed by atoms with E-state index in [1.165, 1.54) is 0 Å². The maximum absolute atomic E-state index is 11.4. The zero-order valence-corrected chi connectivity index (χ0v) is 14.8. The summed E-state index contributed by atoms with van der Waals surface area (Å²) in [6, 6.07) is 17.1. The Hall–Kier alpha value is -2.79. The lowest BCUT2D eigenvalue weighted by Gasteiger charge is -2.09. The smallest absolute Gasteiger partial charge is 0.248 e. The fourth-order valence-electron chi connectivity index (χ4n) is 2.53. The Kier molecular flexibility index (Phi) is 5.05. The molecule has 126 valence electrons. The number of aromatic nitrogens is 1. The molecular weight excluding hydrogens is 332 g/mol. The van der Waals surface area contributed by atoms with E-state index in [1.807, 2.05) is 61.7 Å². The monoisotopic (exact) mass is 350 g/mol. The van der Waals surface area contributed by atoms with Crippen molar-refractivity contribution in [2.45, 2.75) is 11.8 Å². The maximum Gasteiger partial charge on any atom is 0.248 e. The van der Waals surface area contributed by atoms with E-state index in [-0.39, 0.29) is 0 Å². The van der Waals surface area contributed by atoms with Gasteiger partial charge in [-0.3, -0.25) is 9.78 Å². The van der Waals surface area contributed by atoms with Gasteiger partial charge in [0.15, 0.2) is 0 Å². The van der Waals surface area contributed by atoms with Gasteiger partial charge in [-0.05, 0) is 55.1 Å². The van der Waals surface area contributed by atoms with Crippen molar-refractivity contribution >= 4 is 17.7 Å². The summed E-state index contributed by atoms with van der Waals surface area (Å²) < 4.78 is 5.95. The summed E-state index contributed by atoms with van der Waals surface area (Å²) in [4.78, 5) is 16.9. The van der Waals surface area contributed by atoms with E-state index < -0.39 is 5.91 Å². The van der Waals surface area contributed by atoms with Crippen LogP contribution >= 0.6 is 11.8 Å². The highest BCUT2D eigenvalue weighted by Gasteiger charge is 2.08. The van der Waals surface area contributed by atoms with E-state index >= 15 is 0 Å². The maximum atomic E-state index is 11.4. The number of primary amides is 1. The number of amides is 1. The number of rotatable bonds is 5. The molecule has 0 aliphatic rings. The number of benzene rings is 2. The standard InChI is InChI=1S/C20H18N2O2S/c1-13-10-14(6-7-18(13)20(21)23)19-12-16(8-9-22-19)24-15-4-3-5-17(11-15)25-2/h3-12H,1-2H3,(H2,21,23). The van der Waals surface area contributed by atoms with Gasteiger partial charge in [0, 0.05) is 28.3 Å². The molecule has 5 heteroatoms. The van der Waals surface area contributed by atoms with E-state index in [2.05, 4.69) is 4.98 Å². The highest BCUT2D eigenvalue weighted by atomic mass is 32.2. The Labute approximate surface area is 151 Å². The van der Waals surface area contributed by atoms with Crippen LogP contribution in [-0.4, -0.2) is 17.1 Å². The van der Waals surface area contributed by atoms with E-state index in [9.17, 15) is 4.79 Å². The number of carbonyl (C=O) groups excluding carboxylic acids is 1. The number of hydrogen-bond acceptors (Lipinski definition) is 4. The largest absolute Gasteiger partial charge is 0.457 e. The van der Waals surface area contributed by atoms with Crippen molar-refractivity contribution in [2.24, 2.45) is 5.73 Å². The van der Waals surface area contributed by atoms with Gasteiger partial charge in [-0.1, -0.05) is 12.1 Å². The molecule has 1 aromatic heterocycles. The average Bonchev–Trinajstić information content (AvgIpc) is 2.61. The van der Waals surface area contributed by atoms with Crippen LogP contribution < -0.4 is 10.5 Å². The first kappa shape index (κ1) is 17.0. The molecule has 0 saturated heterocycles. The number of ether oxygens (including phenoxy) is 1. The van der Waals surface area contributed by atoms with Gasteiger partial charge in [0.05, 0.1) is 5.69 Å². The lowest BCUT2D eigenvalue weighted by molar-refractivity contribution is 0.0999. The van der Waals surface area contributed by atoms with Crippen LogP contribution in [0.4, 0.5) is 0 Å². The van der Waals surface area contributed by atoms with E-state index in [0.717, 1.165) is 27.5 Å². The number of aryl methyl sites for hydroxylation is 1. The first-order valence-electron chi connectivity index (χ1n) is 7.75. The zero-order chi connectivity index (χ0) is 17.8. The number of pyridine rings is 1. The van der Waals surface area contributed by atoms with Crippen molar-refractivity contribution in [3.63, 3.8) is 0 Å². The predicted octanol–water partition coefficient (Wildman–Crippen LogP) is 4.67. The van der Waals surface area contributed by atoms with Gasteiger partial charge in [0.1, 0.15) is 11.5 Å². The van der Waals surface area contributed by atoms with Gasteiger partial charge in [-0.25, -0.2) is 0 Å². The first-order chi connectivity index (χ1) is 12.1. The third-order valence-electron chi connectivity index (χ3n) is 3.80. The van der Waals surface area contributed by atoms with Crippen LogP contribution in [0.3, 0.4) is 0 Å². The summed E-state index contributed by atoms with van der Waals surface area (Å²) in [7, 11) is 0. The fourth-order valence-corrected chi connectivity index (χ4v) is 2.98. The van der Waals surface area contributed by atoms with Gasteiger partial charge < -0.3 is 10.5 Å². The molecule has 0 saturated carbocycles. The molecule has 25 heavy (non-hydrogen) atoms. The first-order valence-corrected chi connectivity index (χ1v) is 8.98. The summed E-state index contributed by atoms with van der Waals surface area (Å²) >= 11 is 1.67. The summed E-state index contributed by atoms with van der Waals surface area (Å²) in [5.74, 6) is 1.06. The van der Waals surface area contributed by atoms with Gasteiger partial charge in [-0.2, -0.15) is 0 Å². The van der Waals surface area contributed by atoms with Crippen molar-refractivity contribution in [2.75, 3.05) is 6.26 Å². The molecule has 0 radical (unpaired) electrons. The van der Waals surface area contributed by atoms with Crippen LogP contribution in [0, 0.1) is 6.92 Å².